The number of H-pyrrole nitrogens is 1. The van der Waals surface area contributed by atoms with Crippen LogP contribution in [0.4, 0.5) is 0 Å². The van der Waals surface area contributed by atoms with Gasteiger partial charge in [0.05, 0.1) is 20.2 Å². The van der Waals surface area contributed by atoms with E-state index in [2.05, 4.69) is 15.3 Å². The molecule has 0 bridgehead atoms. The third-order valence-corrected chi connectivity index (χ3v) is 4.72. The van der Waals surface area contributed by atoms with Crippen LogP contribution in [-0.2, 0) is 6.42 Å². The van der Waals surface area contributed by atoms with Crippen LogP contribution in [0.3, 0.4) is 0 Å². The topological polar surface area (TPSA) is 57.8 Å². The Kier molecular flexibility index (Phi) is 4.14. The highest BCUT2D eigenvalue weighted by molar-refractivity contribution is 7.18. The lowest BCUT2D eigenvalue weighted by atomic mass is 10.3. The van der Waals surface area contributed by atoms with Gasteiger partial charge in [-0.2, -0.15) is 0 Å². The summed E-state index contributed by atoms with van der Waals surface area (Å²) in [5.41, 5.74) is 1.35. The van der Waals surface area contributed by atoms with Gasteiger partial charge in [-0.25, -0.2) is 4.98 Å². The Morgan fingerprint density at radius 1 is 1.33 bits per heavy atom. The van der Waals surface area contributed by atoms with Crippen LogP contribution in [0.2, 0.25) is 10.2 Å². The third-order valence-electron chi connectivity index (χ3n) is 2.93. The number of fused-ring (bicyclic) bond motifs is 1. The van der Waals surface area contributed by atoms with Gasteiger partial charge in [0.15, 0.2) is 0 Å². The fourth-order valence-corrected chi connectivity index (χ4v) is 3.21. The van der Waals surface area contributed by atoms with Crippen molar-refractivity contribution in [3.8, 4) is 0 Å². The van der Waals surface area contributed by atoms with Gasteiger partial charge in [-0.15, -0.1) is 11.3 Å². The monoisotopic (exact) mass is 339 g/mol. The number of carbonyl (C=O) groups is 1. The summed E-state index contributed by atoms with van der Waals surface area (Å²) in [5.74, 6) is -0.232. The highest BCUT2D eigenvalue weighted by Crippen LogP contribution is 2.22. The van der Waals surface area contributed by atoms with Crippen molar-refractivity contribution in [3.63, 3.8) is 0 Å². The summed E-state index contributed by atoms with van der Waals surface area (Å²) in [5, 5.41) is 4.42. The van der Waals surface area contributed by atoms with Crippen molar-refractivity contribution < 1.29 is 4.79 Å². The molecular formula is C14H11Cl2N3OS. The molecule has 108 valence electrons. The largest absolute Gasteiger partial charge is 0.350 e. The molecule has 2 heterocycles. The van der Waals surface area contributed by atoms with Gasteiger partial charge in [0.1, 0.15) is 10.8 Å². The number of hydrogen-bond acceptors (Lipinski definition) is 3. The maximum atomic E-state index is 11.9. The molecule has 1 aromatic carbocycles. The van der Waals surface area contributed by atoms with E-state index in [1.54, 1.807) is 11.3 Å². The Morgan fingerprint density at radius 3 is 2.86 bits per heavy atom. The average molecular weight is 340 g/mol. The van der Waals surface area contributed by atoms with Gasteiger partial charge < -0.3 is 10.3 Å². The number of halogens is 2. The minimum Gasteiger partial charge on any atom is -0.350 e. The van der Waals surface area contributed by atoms with E-state index < -0.39 is 0 Å². The van der Waals surface area contributed by atoms with Crippen molar-refractivity contribution >= 4 is 50.7 Å². The summed E-state index contributed by atoms with van der Waals surface area (Å²) in [4.78, 5) is 19.1. The van der Waals surface area contributed by atoms with Gasteiger partial charge in [0, 0.05) is 13.0 Å². The van der Waals surface area contributed by atoms with E-state index >= 15 is 0 Å². The number of para-hydroxylation sites is 1. The molecule has 0 unspecified atom stereocenters. The van der Waals surface area contributed by atoms with Crippen LogP contribution < -0.4 is 5.32 Å². The average Bonchev–Trinajstić information content (AvgIpc) is 3.02. The van der Waals surface area contributed by atoms with E-state index in [1.807, 2.05) is 24.3 Å². The van der Waals surface area contributed by atoms with Gasteiger partial charge in [-0.3, -0.25) is 4.79 Å². The molecule has 7 heteroatoms. The number of carbonyl (C=O) groups excluding carboxylic acids is 1. The molecule has 0 aliphatic carbocycles. The summed E-state index contributed by atoms with van der Waals surface area (Å²) in [6, 6.07) is 9.49. The maximum Gasteiger partial charge on any atom is 0.267 e. The van der Waals surface area contributed by atoms with Crippen LogP contribution in [0.5, 0.6) is 0 Å². The maximum absolute atomic E-state index is 11.9. The molecule has 21 heavy (non-hydrogen) atoms. The highest BCUT2D eigenvalue weighted by atomic mass is 35.5. The number of rotatable bonds is 4. The molecule has 0 fully saturated rings. The standard InChI is InChI=1S/C14H11Cl2N3OS/c15-8-7-10(19-13(8)16)14(20)17-6-5-12-18-9-3-1-2-4-11(9)21-12/h1-4,7,19H,5-6H2,(H,17,20). The summed E-state index contributed by atoms with van der Waals surface area (Å²) in [7, 11) is 0. The second-order valence-electron chi connectivity index (χ2n) is 4.43. The molecule has 2 N–H and O–H groups in total. The minimum atomic E-state index is -0.232. The number of aromatic nitrogens is 2. The van der Waals surface area contributed by atoms with Gasteiger partial charge >= 0.3 is 0 Å². The summed E-state index contributed by atoms with van der Waals surface area (Å²) < 4.78 is 1.15. The molecule has 2 aromatic heterocycles. The smallest absolute Gasteiger partial charge is 0.267 e. The number of aromatic amines is 1. The lowest BCUT2D eigenvalue weighted by Crippen LogP contribution is -2.25. The first kappa shape index (κ1) is 14.4. The first-order chi connectivity index (χ1) is 10.1. The van der Waals surface area contributed by atoms with Crippen molar-refractivity contribution in [1.82, 2.24) is 15.3 Å². The molecular weight excluding hydrogens is 329 g/mol. The Bertz CT molecular complexity index is 744. The Balaban J connectivity index is 1.59. The molecule has 3 rings (SSSR count). The van der Waals surface area contributed by atoms with Gasteiger partial charge in [-0.05, 0) is 18.2 Å². The van der Waals surface area contributed by atoms with Crippen molar-refractivity contribution in [1.29, 1.82) is 0 Å². The summed E-state index contributed by atoms with van der Waals surface area (Å²) >= 11 is 13.2. The summed E-state index contributed by atoms with van der Waals surface area (Å²) in [6.45, 7) is 0.507. The molecule has 0 saturated heterocycles. The number of amides is 1. The summed E-state index contributed by atoms with van der Waals surface area (Å²) in [6.07, 6.45) is 0.688. The van der Waals surface area contributed by atoms with Crippen LogP contribution in [0, 0.1) is 0 Å². The number of benzene rings is 1. The van der Waals surface area contributed by atoms with Crippen LogP contribution >= 0.6 is 34.5 Å². The van der Waals surface area contributed by atoms with E-state index in [0.29, 0.717) is 23.7 Å². The highest BCUT2D eigenvalue weighted by Gasteiger charge is 2.11. The van der Waals surface area contributed by atoms with Crippen molar-refractivity contribution in [2.75, 3.05) is 6.54 Å². The van der Waals surface area contributed by atoms with E-state index in [0.717, 1.165) is 15.2 Å². The van der Waals surface area contributed by atoms with E-state index in [4.69, 9.17) is 23.2 Å². The zero-order valence-electron chi connectivity index (χ0n) is 10.8. The van der Waals surface area contributed by atoms with Crippen LogP contribution in [0.15, 0.2) is 30.3 Å². The van der Waals surface area contributed by atoms with E-state index in [-0.39, 0.29) is 11.1 Å². The second kappa shape index (κ2) is 6.05. The van der Waals surface area contributed by atoms with Crippen molar-refractivity contribution in [3.05, 3.63) is 51.2 Å². The zero-order chi connectivity index (χ0) is 14.8. The van der Waals surface area contributed by atoms with Gasteiger partial charge in [0.25, 0.3) is 5.91 Å². The van der Waals surface area contributed by atoms with Crippen molar-refractivity contribution in [2.24, 2.45) is 0 Å². The van der Waals surface area contributed by atoms with E-state index in [9.17, 15) is 4.79 Å². The molecule has 0 aliphatic heterocycles. The molecule has 0 spiro atoms. The number of hydrogen-bond donors (Lipinski definition) is 2. The molecule has 4 nitrogen and oxygen atoms in total. The van der Waals surface area contributed by atoms with Crippen LogP contribution in [0.25, 0.3) is 10.2 Å². The molecule has 0 atom stereocenters. The predicted octanol–water partition coefficient (Wildman–Crippen LogP) is 3.90. The lowest BCUT2D eigenvalue weighted by Gasteiger charge is -2.01. The number of nitrogens with one attached hydrogen (secondary N) is 2. The zero-order valence-corrected chi connectivity index (χ0v) is 13.1. The first-order valence-corrected chi connectivity index (χ1v) is 7.87. The number of nitrogens with zero attached hydrogens (tertiary/aromatic N) is 1. The third kappa shape index (κ3) is 3.20. The minimum absolute atomic E-state index is 0.232. The SMILES string of the molecule is O=C(NCCc1nc2ccccc2s1)c1cc(Cl)c(Cl)[nH]1. The Hall–Kier alpha value is -1.56. The van der Waals surface area contributed by atoms with E-state index in [1.165, 1.54) is 6.07 Å². The lowest BCUT2D eigenvalue weighted by molar-refractivity contribution is 0.0950. The quantitative estimate of drug-likeness (QED) is 0.757. The van der Waals surface area contributed by atoms with Gasteiger partial charge in [-0.1, -0.05) is 35.3 Å². The second-order valence-corrected chi connectivity index (χ2v) is 6.33. The molecule has 1 amide bonds. The van der Waals surface area contributed by atoms with Crippen LogP contribution in [0.1, 0.15) is 15.5 Å². The molecule has 0 saturated carbocycles. The predicted molar refractivity (Wildman–Crippen MR) is 86.5 cm³/mol. The number of thiazole rings is 1. The Labute approximate surface area is 135 Å². The van der Waals surface area contributed by atoms with Gasteiger partial charge in [0.2, 0.25) is 0 Å². The molecule has 0 aliphatic rings. The normalized spacial score (nSPS) is 11.0. The fraction of sp³-hybridized carbons (Fsp3) is 0.143. The molecule has 3 aromatic rings. The molecule has 0 radical (unpaired) electrons. The first-order valence-electron chi connectivity index (χ1n) is 6.30. The fourth-order valence-electron chi connectivity index (χ4n) is 1.93. The van der Waals surface area contributed by atoms with Crippen molar-refractivity contribution in [2.45, 2.75) is 6.42 Å². The Morgan fingerprint density at radius 2 is 2.14 bits per heavy atom. The van der Waals surface area contributed by atoms with Crippen LogP contribution in [-0.4, -0.2) is 22.4 Å².